The number of hydrogen-bond acceptors (Lipinski definition) is 6. The SMILES string of the molecule is CC(=O)OC/C=C(/C=C/N=Nc1ccc(Br)cc1)OC(C)=O. The topological polar surface area (TPSA) is 77.3 Å². The molecule has 0 bridgehead atoms. The first-order valence-electron chi connectivity index (χ1n) is 6.32. The molecule has 0 atom stereocenters. The van der Waals surface area contributed by atoms with E-state index >= 15 is 0 Å². The summed E-state index contributed by atoms with van der Waals surface area (Å²) >= 11 is 3.33. The molecule has 0 saturated carbocycles. The standard InChI is InChI=1S/C15H15BrN2O4/c1-11(19)21-10-8-15(22-12(2)20)7-9-17-18-14-5-3-13(16)4-6-14/h3-9H,10H2,1-2H3/b9-7+,15-8-,18-17?. The van der Waals surface area contributed by atoms with Crippen molar-refractivity contribution in [3.05, 3.63) is 52.8 Å². The van der Waals surface area contributed by atoms with Gasteiger partial charge in [-0.2, -0.15) is 10.2 Å². The highest BCUT2D eigenvalue weighted by atomic mass is 79.9. The number of halogens is 1. The number of rotatable bonds is 6. The first-order valence-corrected chi connectivity index (χ1v) is 7.11. The number of esters is 2. The summed E-state index contributed by atoms with van der Waals surface area (Å²) in [4.78, 5) is 21.6. The minimum Gasteiger partial charge on any atom is -0.461 e. The van der Waals surface area contributed by atoms with Crippen LogP contribution in [0.15, 0.2) is 63.1 Å². The molecular formula is C15H15BrN2O4. The predicted molar refractivity (Wildman–Crippen MR) is 84.3 cm³/mol. The van der Waals surface area contributed by atoms with Gasteiger partial charge in [0, 0.05) is 24.4 Å². The molecule has 0 heterocycles. The highest BCUT2D eigenvalue weighted by Crippen LogP contribution is 2.17. The van der Waals surface area contributed by atoms with Crippen molar-refractivity contribution < 1.29 is 19.1 Å². The van der Waals surface area contributed by atoms with Gasteiger partial charge in [-0.3, -0.25) is 9.59 Å². The van der Waals surface area contributed by atoms with Crippen LogP contribution < -0.4 is 0 Å². The van der Waals surface area contributed by atoms with E-state index in [4.69, 9.17) is 9.47 Å². The summed E-state index contributed by atoms with van der Waals surface area (Å²) < 4.78 is 10.6. The van der Waals surface area contributed by atoms with Gasteiger partial charge < -0.3 is 9.47 Å². The van der Waals surface area contributed by atoms with E-state index in [0.29, 0.717) is 5.69 Å². The number of nitrogens with zero attached hydrogens (tertiary/aromatic N) is 2. The van der Waals surface area contributed by atoms with Gasteiger partial charge >= 0.3 is 11.9 Å². The summed E-state index contributed by atoms with van der Waals surface area (Å²) in [7, 11) is 0. The Labute approximate surface area is 136 Å². The molecule has 6 nitrogen and oxygen atoms in total. The number of benzene rings is 1. The zero-order valence-corrected chi connectivity index (χ0v) is 13.7. The highest BCUT2D eigenvalue weighted by Gasteiger charge is 1.98. The Hall–Kier alpha value is -2.28. The smallest absolute Gasteiger partial charge is 0.308 e. The number of hydrogen-bond donors (Lipinski definition) is 0. The van der Waals surface area contributed by atoms with Crippen LogP contribution in [-0.4, -0.2) is 18.5 Å². The Morgan fingerprint density at radius 1 is 1.18 bits per heavy atom. The lowest BCUT2D eigenvalue weighted by Crippen LogP contribution is -2.01. The lowest BCUT2D eigenvalue weighted by Gasteiger charge is -2.02. The van der Waals surface area contributed by atoms with E-state index < -0.39 is 11.9 Å². The molecule has 0 fully saturated rings. The van der Waals surface area contributed by atoms with Gasteiger partial charge in [-0.05, 0) is 30.3 Å². The molecule has 0 N–H and O–H groups in total. The van der Waals surface area contributed by atoms with Crippen LogP contribution in [0.25, 0.3) is 0 Å². The monoisotopic (exact) mass is 366 g/mol. The Morgan fingerprint density at radius 2 is 1.86 bits per heavy atom. The fourth-order valence-electron chi connectivity index (χ4n) is 1.27. The molecule has 0 aliphatic rings. The van der Waals surface area contributed by atoms with Gasteiger partial charge in [-0.15, -0.1) is 0 Å². The number of azo groups is 1. The van der Waals surface area contributed by atoms with Crippen molar-refractivity contribution in [1.82, 2.24) is 0 Å². The van der Waals surface area contributed by atoms with Crippen LogP contribution in [-0.2, 0) is 19.1 Å². The van der Waals surface area contributed by atoms with Crippen LogP contribution in [0.1, 0.15) is 13.8 Å². The highest BCUT2D eigenvalue weighted by molar-refractivity contribution is 9.10. The first-order chi connectivity index (χ1) is 10.5. The van der Waals surface area contributed by atoms with Crippen LogP contribution in [0.4, 0.5) is 5.69 Å². The number of allylic oxidation sites excluding steroid dienone is 1. The molecule has 1 aromatic carbocycles. The molecule has 0 aliphatic carbocycles. The summed E-state index contributed by atoms with van der Waals surface area (Å²) in [6, 6.07) is 7.29. The molecule has 0 spiro atoms. The fraction of sp³-hybridized carbons (Fsp3) is 0.200. The van der Waals surface area contributed by atoms with E-state index in [9.17, 15) is 9.59 Å². The van der Waals surface area contributed by atoms with E-state index in [1.54, 1.807) is 12.1 Å². The minimum atomic E-state index is -0.483. The Morgan fingerprint density at radius 3 is 2.45 bits per heavy atom. The molecule has 0 aliphatic heterocycles. The Kier molecular flexibility index (Phi) is 7.77. The summed E-state index contributed by atoms with van der Waals surface area (Å²) in [5.41, 5.74) is 0.686. The van der Waals surface area contributed by atoms with E-state index in [2.05, 4.69) is 26.2 Å². The van der Waals surface area contributed by atoms with Gasteiger partial charge in [0.15, 0.2) is 0 Å². The van der Waals surface area contributed by atoms with E-state index in [-0.39, 0.29) is 12.4 Å². The van der Waals surface area contributed by atoms with Crippen LogP contribution in [0.5, 0.6) is 0 Å². The molecule has 0 aromatic heterocycles. The van der Waals surface area contributed by atoms with E-state index in [1.165, 1.54) is 32.2 Å². The number of ether oxygens (including phenoxy) is 2. The second-order valence-electron chi connectivity index (χ2n) is 4.01. The molecule has 1 rings (SSSR count). The van der Waals surface area contributed by atoms with Gasteiger partial charge in [-0.1, -0.05) is 15.9 Å². The van der Waals surface area contributed by atoms with E-state index in [0.717, 1.165) is 4.47 Å². The minimum absolute atomic E-state index is 0.00609. The van der Waals surface area contributed by atoms with Gasteiger partial charge in [0.1, 0.15) is 12.4 Å². The summed E-state index contributed by atoms with van der Waals surface area (Å²) in [5, 5.41) is 7.82. The van der Waals surface area contributed by atoms with Gasteiger partial charge in [0.2, 0.25) is 0 Å². The second kappa shape index (κ2) is 9.62. The van der Waals surface area contributed by atoms with Crippen molar-refractivity contribution in [2.75, 3.05) is 6.61 Å². The molecule has 1 aromatic rings. The average Bonchev–Trinajstić information content (AvgIpc) is 2.44. The molecule has 7 heteroatoms. The maximum atomic E-state index is 11.0. The third-order valence-electron chi connectivity index (χ3n) is 2.14. The lowest BCUT2D eigenvalue weighted by atomic mass is 10.3. The third-order valence-corrected chi connectivity index (χ3v) is 2.67. The van der Waals surface area contributed by atoms with Crippen molar-refractivity contribution in [3.8, 4) is 0 Å². The first kappa shape index (κ1) is 17.8. The molecule has 22 heavy (non-hydrogen) atoms. The fourth-order valence-corrected chi connectivity index (χ4v) is 1.53. The van der Waals surface area contributed by atoms with Crippen LogP contribution in [0.2, 0.25) is 0 Å². The molecule has 0 amide bonds. The molecular weight excluding hydrogens is 352 g/mol. The third kappa shape index (κ3) is 8.11. The Bertz CT molecular complexity index is 606. The van der Waals surface area contributed by atoms with Crippen molar-refractivity contribution in [3.63, 3.8) is 0 Å². The lowest BCUT2D eigenvalue weighted by molar-refractivity contribution is -0.139. The normalized spacial score (nSPS) is 11.9. The largest absolute Gasteiger partial charge is 0.461 e. The maximum absolute atomic E-state index is 11.0. The second-order valence-corrected chi connectivity index (χ2v) is 4.93. The number of carbonyl (C=O) groups excluding carboxylic acids is 2. The van der Waals surface area contributed by atoms with Crippen LogP contribution in [0, 0.1) is 0 Å². The zero-order chi connectivity index (χ0) is 16.4. The van der Waals surface area contributed by atoms with Crippen molar-refractivity contribution in [2.24, 2.45) is 10.2 Å². The molecule has 0 saturated heterocycles. The summed E-state index contributed by atoms with van der Waals surface area (Å²) in [5.74, 6) is -0.676. The quantitative estimate of drug-likeness (QED) is 0.329. The maximum Gasteiger partial charge on any atom is 0.308 e. The van der Waals surface area contributed by atoms with Gasteiger partial charge in [0.25, 0.3) is 0 Å². The van der Waals surface area contributed by atoms with Crippen LogP contribution in [0.3, 0.4) is 0 Å². The van der Waals surface area contributed by atoms with E-state index in [1.807, 2.05) is 12.1 Å². The van der Waals surface area contributed by atoms with Crippen molar-refractivity contribution in [1.29, 1.82) is 0 Å². The van der Waals surface area contributed by atoms with Crippen molar-refractivity contribution >= 4 is 33.6 Å². The average molecular weight is 367 g/mol. The van der Waals surface area contributed by atoms with Crippen molar-refractivity contribution in [2.45, 2.75) is 13.8 Å². The zero-order valence-electron chi connectivity index (χ0n) is 12.2. The number of carbonyl (C=O) groups is 2. The predicted octanol–water partition coefficient (Wildman–Crippen LogP) is 4.06. The van der Waals surface area contributed by atoms with Gasteiger partial charge in [-0.25, -0.2) is 0 Å². The Balaban J connectivity index is 2.65. The van der Waals surface area contributed by atoms with Gasteiger partial charge in [0.05, 0.1) is 11.9 Å². The van der Waals surface area contributed by atoms with Crippen LogP contribution >= 0.6 is 15.9 Å². The molecule has 116 valence electrons. The summed E-state index contributed by atoms with van der Waals surface area (Å²) in [6.07, 6.45) is 4.28. The molecule has 0 unspecified atom stereocenters. The molecule has 0 radical (unpaired) electrons. The summed E-state index contributed by atoms with van der Waals surface area (Å²) in [6.45, 7) is 2.57.